The number of phenols is 1. The summed E-state index contributed by atoms with van der Waals surface area (Å²) in [4.78, 5) is 27.4. The van der Waals surface area contributed by atoms with E-state index in [1.165, 1.54) is 20.0 Å². The van der Waals surface area contributed by atoms with Gasteiger partial charge in [-0.3, -0.25) is 9.59 Å². The second kappa shape index (κ2) is 15.2. The van der Waals surface area contributed by atoms with Gasteiger partial charge in [-0.25, -0.2) is 0 Å². The summed E-state index contributed by atoms with van der Waals surface area (Å²) in [5.41, 5.74) is 2.89. The Labute approximate surface area is 247 Å². The van der Waals surface area contributed by atoms with E-state index in [1.807, 2.05) is 24.3 Å². The minimum absolute atomic E-state index is 0.000286. The highest BCUT2D eigenvalue weighted by Gasteiger charge is 2.40. The third kappa shape index (κ3) is 7.82. The van der Waals surface area contributed by atoms with Gasteiger partial charge in [0.25, 0.3) is 0 Å². The first-order valence-electron chi connectivity index (χ1n) is 16.0. The normalized spacial score (nSPS) is 25.0. The molecule has 2 aromatic carbocycles. The summed E-state index contributed by atoms with van der Waals surface area (Å²) >= 11 is 0. The van der Waals surface area contributed by atoms with E-state index in [0.717, 1.165) is 68.1 Å². The second-order valence-corrected chi connectivity index (χ2v) is 12.2. The van der Waals surface area contributed by atoms with Gasteiger partial charge >= 0.3 is 0 Å². The number of ether oxygens (including phenoxy) is 1. The molecule has 0 saturated heterocycles. The van der Waals surface area contributed by atoms with Crippen LogP contribution in [0.4, 0.5) is 0 Å². The summed E-state index contributed by atoms with van der Waals surface area (Å²) in [7, 11) is 1.53. The zero-order valence-corrected chi connectivity index (χ0v) is 25.3. The van der Waals surface area contributed by atoms with Crippen molar-refractivity contribution in [2.75, 3.05) is 7.11 Å². The summed E-state index contributed by atoms with van der Waals surface area (Å²) in [6.45, 7) is 4.47. The Morgan fingerprint density at radius 3 is 2.44 bits per heavy atom. The number of fused-ring (bicyclic) bond motifs is 2. The van der Waals surface area contributed by atoms with Gasteiger partial charge in [-0.15, -0.1) is 0 Å². The minimum atomic E-state index is -0.272. The zero-order chi connectivity index (χ0) is 29.2. The summed E-state index contributed by atoms with van der Waals surface area (Å²) < 4.78 is 5.42. The molecule has 0 amide bonds. The first-order chi connectivity index (χ1) is 20.0. The maximum absolute atomic E-state index is 14.1. The number of unbranched alkanes of at least 4 members (excludes halogenated alkanes) is 3. The standard InChI is InChI=1S/C37H48O4/c1-4-6-9-18-32-27(13-7-5-2)16-12-17-28-20-22-31(26-14-10-8-11-15-26)33-25-34(39)36(41-3)23-29(33)19-21-30(38)24-35(40)37(28)32/h8,10-11,14-15,23,25,27-28,31-32,37,39H,4-7,9,12-13,16-19,21,24H2,1-3H3/t27-,28+,31+,32-,37-/m0/s1. The molecular formula is C37H48O4. The first-order valence-corrected chi connectivity index (χ1v) is 16.0. The number of hydrogen-bond donors (Lipinski definition) is 1. The Bertz CT molecular complexity index is 1220. The van der Waals surface area contributed by atoms with E-state index in [1.54, 1.807) is 6.07 Å². The van der Waals surface area contributed by atoms with Crippen LogP contribution in [0.25, 0.3) is 0 Å². The molecule has 5 atom stereocenters. The highest BCUT2D eigenvalue weighted by Crippen LogP contribution is 2.44. The Morgan fingerprint density at radius 2 is 1.71 bits per heavy atom. The summed E-state index contributed by atoms with van der Waals surface area (Å²) in [6.07, 6.45) is 11.9. The third-order valence-corrected chi connectivity index (χ3v) is 9.37. The molecule has 1 fully saturated rings. The number of Topliss-reactive ketones (excluding diaryl/α,β-unsaturated/α-hetero) is 2. The highest BCUT2D eigenvalue weighted by atomic mass is 16.5. The molecule has 4 rings (SSSR count). The zero-order valence-electron chi connectivity index (χ0n) is 25.3. The van der Waals surface area contributed by atoms with Gasteiger partial charge in [0.1, 0.15) is 11.6 Å². The molecule has 2 aromatic rings. The fourth-order valence-corrected chi connectivity index (χ4v) is 7.21. The molecular weight excluding hydrogens is 508 g/mol. The van der Waals surface area contributed by atoms with Crippen molar-refractivity contribution in [3.63, 3.8) is 0 Å². The van der Waals surface area contributed by atoms with Gasteiger partial charge in [-0.05, 0) is 59.9 Å². The van der Waals surface area contributed by atoms with Gasteiger partial charge in [-0.2, -0.15) is 0 Å². The van der Waals surface area contributed by atoms with Crippen LogP contribution in [0.5, 0.6) is 11.5 Å². The van der Waals surface area contributed by atoms with E-state index < -0.39 is 0 Å². The summed E-state index contributed by atoms with van der Waals surface area (Å²) in [6, 6.07) is 13.8. The van der Waals surface area contributed by atoms with Crippen LogP contribution in [0.1, 0.15) is 114 Å². The quantitative estimate of drug-likeness (QED) is 0.191. The van der Waals surface area contributed by atoms with E-state index in [9.17, 15) is 14.7 Å². The maximum Gasteiger partial charge on any atom is 0.160 e. The van der Waals surface area contributed by atoms with Crippen molar-refractivity contribution in [2.45, 2.75) is 103 Å². The van der Waals surface area contributed by atoms with Crippen molar-refractivity contribution < 1.29 is 19.4 Å². The average Bonchev–Trinajstić information content (AvgIpc) is 3.14. The van der Waals surface area contributed by atoms with E-state index >= 15 is 0 Å². The molecule has 2 aliphatic carbocycles. The fraction of sp³-hybridized carbons (Fsp3) is 0.568. The predicted octanol–water partition coefficient (Wildman–Crippen LogP) is 8.43. The Hall–Kier alpha value is -3.06. The molecule has 2 aliphatic rings. The van der Waals surface area contributed by atoms with Gasteiger partial charge in [0.2, 0.25) is 0 Å². The number of ketones is 2. The Kier molecular flexibility index (Phi) is 11.5. The lowest BCUT2D eigenvalue weighted by molar-refractivity contribution is -0.131. The van der Waals surface area contributed by atoms with Gasteiger partial charge in [0.15, 0.2) is 11.5 Å². The van der Waals surface area contributed by atoms with Crippen LogP contribution in [-0.2, 0) is 16.0 Å². The summed E-state index contributed by atoms with van der Waals surface area (Å²) in [5, 5.41) is 10.8. The van der Waals surface area contributed by atoms with Crippen molar-refractivity contribution in [2.24, 2.45) is 23.7 Å². The van der Waals surface area contributed by atoms with E-state index in [2.05, 4.69) is 37.8 Å². The van der Waals surface area contributed by atoms with E-state index in [4.69, 9.17) is 4.74 Å². The number of carbonyl (C=O) groups excluding carboxylic acids is 2. The molecule has 4 heteroatoms. The first kappa shape index (κ1) is 30.9. The predicted molar refractivity (Wildman–Crippen MR) is 165 cm³/mol. The number of benzene rings is 2. The number of hydrogen-bond acceptors (Lipinski definition) is 4. The van der Waals surface area contributed by atoms with Crippen molar-refractivity contribution in [3.8, 4) is 23.3 Å². The van der Waals surface area contributed by atoms with Gasteiger partial charge in [0, 0.05) is 18.3 Å². The van der Waals surface area contributed by atoms with E-state index in [-0.39, 0.29) is 47.4 Å². The molecule has 1 N–H and O–H groups in total. The number of carbonyl (C=O) groups is 2. The summed E-state index contributed by atoms with van der Waals surface area (Å²) in [5.74, 6) is 8.16. The molecule has 41 heavy (non-hydrogen) atoms. The molecule has 0 heterocycles. The SMILES string of the molecule is CCCCC[C@H]1[C@@H](CCCC)CCC[C@@H]2C#C[C@H](c3ccccc3)c3cc(O)c(OC)cc3CCC(=O)CC(=O)[C@H]12. The molecule has 0 aliphatic heterocycles. The number of aryl methyl sites for hydroxylation is 1. The second-order valence-electron chi connectivity index (χ2n) is 12.2. The Balaban J connectivity index is 1.84. The van der Waals surface area contributed by atoms with Crippen LogP contribution in [0, 0.1) is 35.5 Å². The molecule has 1 saturated carbocycles. The largest absolute Gasteiger partial charge is 0.504 e. The lowest BCUT2D eigenvalue weighted by Gasteiger charge is -2.34. The molecule has 4 nitrogen and oxygen atoms in total. The number of rotatable bonds is 9. The highest BCUT2D eigenvalue weighted by molar-refractivity contribution is 6.00. The molecule has 0 spiro atoms. The van der Waals surface area contributed by atoms with Crippen molar-refractivity contribution in [1.29, 1.82) is 0 Å². The molecule has 0 aromatic heterocycles. The number of aromatic hydroxyl groups is 1. The Morgan fingerprint density at radius 1 is 0.927 bits per heavy atom. The van der Waals surface area contributed by atoms with Crippen molar-refractivity contribution in [3.05, 3.63) is 59.2 Å². The molecule has 0 bridgehead atoms. The maximum atomic E-state index is 14.1. The number of methoxy groups -OCH3 is 1. The van der Waals surface area contributed by atoms with Crippen LogP contribution in [0.2, 0.25) is 0 Å². The molecule has 0 radical (unpaired) electrons. The third-order valence-electron chi connectivity index (χ3n) is 9.37. The fourth-order valence-electron chi connectivity index (χ4n) is 7.21. The number of phenolic OH excluding ortho intramolecular Hbond substituents is 1. The van der Waals surface area contributed by atoms with Crippen molar-refractivity contribution >= 4 is 11.6 Å². The topological polar surface area (TPSA) is 63.6 Å². The van der Waals surface area contributed by atoms with Gasteiger partial charge in [0.05, 0.1) is 19.4 Å². The van der Waals surface area contributed by atoms with Crippen molar-refractivity contribution in [1.82, 2.24) is 0 Å². The van der Waals surface area contributed by atoms with Crippen LogP contribution < -0.4 is 4.74 Å². The van der Waals surface area contributed by atoms with Gasteiger partial charge in [-0.1, -0.05) is 107 Å². The van der Waals surface area contributed by atoms with Crippen LogP contribution >= 0.6 is 0 Å². The van der Waals surface area contributed by atoms with Crippen LogP contribution in [-0.4, -0.2) is 23.8 Å². The molecule has 0 unspecified atom stereocenters. The van der Waals surface area contributed by atoms with Crippen LogP contribution in [0.3, 0.4) is 0 Å². The van der Waals surface area contributed by atoms with Gasteiger partial charge < -0.3 is 9.84 Å². The minimum Gasteiger partial charge on any atom is -0.504 e. The lowest BCUT2D eigenvalue weighted by atomic mass is 9.69. The monoisotopic (exact) mass is 556 g/mol. The lowest BCUT2D eigenvalue weighted by Crippen LogP contribution is -2.34. The van der Waals surface area contributed by atoms with Crippen LogP contribution in [0.15, 0.2) is 42.5 Å². The smallest absolute Gasteiger partial charge is 0.160 e. The molecule has 220 valence electrons. The average molecular weight is 557 g/mol. The van der Waals surface area contributed by atoms with E-state index in [0.29, 0.717) is 24.5 Å².